The third kappa shape index (κ3) is 2.70. The van der Waals surface area contributed by atoms with Gasteiger partial charge in [-0.1, -0.05) is 11.6 Å². The van der Waals surface area contributed by atoms with Crippen LogP contribution >= 0.6 is 27.5 Å². The number of rotatable bonds is 2. The Bertz CT molecular complexity index is 588. The summed E-state index contributed by atoms with van der Waals surface area (Å²) in [6, 6.07) is 5.54. The summed E-state index contributed by atoms with van der Waals surface area (Å²) in [7, 11) is 0. The van der Waals surface area contributed by atoms with E-state index in [4.69, 9.17) is 11.6 Å². The van der Waals surface area contributed by atoms with Gasteiger partial charge in [0.05, 0.1) is 5.56 Å². The van der Waals surface area contributed by atoms with Crippen LogP contribution in [-0.4, -0.2) is 10.8 Å². The van der Waals surface area contributed by atoms with Gasteiger partial charge in [0.25, 0.3) is 0 Å². The summed E-state index contributed by atoms with van der Waals surface area (Å²) in [4.78, 5) is 15.8. The highest BCUT2D eigenvalue weighted by Crippen LogP contribution is 2.19. The van der Waals surface area contributed by atoms with E-state index in [1.807, 2.05) is 0 Å². The molecule has 1 aromatic heterocycles. The van der Waals surface area contributed by atoms with Crippen LogP contribution in [0.2, 0.25) is 5.02 Å². The van der Waals surface area contributed by atoms with Crippen molar-refractivity contribution in [2.45, 2.75) is 0 Å². The minimum absolute atomic E-state index is 0.0192. The molecule has 0 aliphatic rings. The van der Waals surface area contributed by atoms with Crippen molar-refractivity contribution in [1.82, 2.24) is 4.98 Å². The standard InChI is InChI=1S/C12H6BrClFNO/c13-8-3-7(5-16-6-8)12(17)10-2-1-9(14)4-11(10)15/h1-6H. The van der Waals surface area contributed by atoms with Gasteiger partial charge in [0.1, 0.15) is 5.82 Å². The first-order chi connectivity index (χ1) is 8.08. The van der Waals surface area contributed by atoms with Crippen LogP contribution in [0, 0.1) is 5.82 Å². The number of carbonyl (C=O) groups excluding carboxylic acids is 1. The lowest BCUT2D eigenvalue weighted by molar-refractivity contribution is 0.103. The molecule has 0 N–H and O–H groups in total. The average molecular weight is 315 g/mol. The van der Waals surface area contributed by atoms with Crippen LogP contribution in [0.4, 0.5) is 4.39 Å². The van der Waals surface area contributed by atoms with Crippen molar-refractivity contribution in [2.24, 2.45) is 0 Å². The van der Waals surface area contributed by atoms with Gasteiger partial charge < -0.3 is 0 Å². The molecule has 1 heterocycles. The normalized spacial score (nSPS) is 10.3. The van der Waals surface area contributed by atoms with Crippen LogP contribution in [0.3, 0.4) is 0 Å². The van der Waals surface area contributed by atoms with E-state index in [-0.39, 0.29) is 10.6 Å². The second-order valence-corrected chi connectivity index (χ2v) is 4.70. The van der Waals surface area contributed by atoms with Gasteiger partial charge in [-0.05, 0) is 40.2 Å². The lowest BCUT2D eigenvalue weighted by atomic mass is 10.0. The molecule has 0 spiro atoms. The summed E-state index contributed by atoms with van der Waals surface area (Å²) in [6.07, 6.45) is 2.94. The van der Waals surface area contributed by atoms with Crippen LogP contribution in [0.15, 0.2) is 41.1 Å². The molecule has 0 atom stereocenters. The van der Waals surface area contributed by atoms with E-state index in [0.717, 1.165) is 6.07 Å². The lowest BCUT2D eigenvalue weighted by Crippen LogP contribution is -2.04. The second-order valence-electron chi connectivity index (χ2n) is 3.35. The molecule has 2 nitrogen and oxygen atoms in total. The van der Waals surface area contributed by atoms with E-state index in [0.29, 0.717) is 10.0 Å². The molecule has 2 rings (SSSR count). The van der Waals surface area contributed by atoms with Crippen molar-refractivity contribution in [3.05, 3.63) is 63.1 Å². The Balaban J connectivity index is 2.44. The first kappa shape index (κ1) is 12.2. The van der Waals surface area contributed by atoms with Crippen molar-refractivity contribution >= 4 is 33.3 Å². The van der Waals surface area contributed by atoms with Gasteiger partial charge in [0, 0.05) is 27.5 Å². The molecule has 1 aromatic carbocycles. The topological polar surface area (TPSA) is 30.0 Å². The summed E-state index contributed by atoms with van der Waals surface area (Å²) in [5.74, 6) is -1.06. The molecular weight excluding hydrogens is 308 g/mol. The summed E-state index contributed by atoms with van der Waals surface area (Å²) in [6.45, 7) is 0. The summed E-state index contributed by atoms with van der Waals surface area (Å²) in [5, 5.41) is 0.256. The van der Waals surface area contributed by atoms with Crippen LogP contribution in [0.5, 0.6) is 0 Å². The molecule has 17 heavy (non-hydrogen) atoms. The van der Waals surface area contributed by atoms with Crippen molar-refractivity contribution in [3.8, 4) is 0 Å². The molecule has 0 aliphatic heterocycles. The smallest absolute Gasteiger partial charge is 0.197 e. The molecule has 0 amide bonds. The molecule has 86 valence electrons. The maximum atomic E-state index is 13.5. The van der Waals surface area contributed by atoms with Gasteiger partial charge in [0.15, 0.2) is 5.78 Å². The fourth-order valence-electron chi connectivity index (χ4n) is 1.37. The van der Waals surface area contributed by atoms with Gasteiger partial charge in [-0.15, -0.1) is 0 Å². The minimum atomic E-state index is -0.637. The number of benzene rings is 1. The van der Waals surface area contributed by atoms with Crippen molar-refractivity contribution in [1.29, 1.82) is 0 Å². The first-order valence-corrected chi connectivity index (χ1v) is 5.85. The minimum Gasteiger partial charge on any atom is -0.288 e. The first-order valence-electron chi connectivity index (χ1n) is 4.68. The summed E-state index contributed by atoms with van der Waals surface area (Å²) >= 11 is 8.83. The molecular formula is C12H6BrClFNO. The molecule has 0 fully saturated rings. The fourth-order valence-corrected chi connectivity index (χ4v) is 1.89. The molecule has 0 saturated heterocycles. The van der Waals surface area contributed by atoms with Crippen molar-refractivity contribution < 1.29 is 9.18 Å². The number of nitrogens with zero attached hydrogens (tertiary/aromatic N) is 1. The zero-order valence-electron chi connectivity index (χ0n) is 8.45. The average Bonchev–Trinajstić information content (AvgIpc) is 2.28. The highest BCUT2D eigenvalue weighted by atomic mass is 79.9. The lowest BCUT2D eigenvalue weighted by Gasteiger charge is -2.03. The Kier molecular flexibility index (Phi) is 3.54. The van der Waals surface area contributed by atoms with E-state index in [1.165, 1.54) is 18.3 Å². The Labute approximate surface area is 111 Å². The SMILES string of the molecule is O=C(c1cncc(Br)c1)c1ccc(Cl)cc1F. The summed E-state index contributed by atoms with van der Waals surface area (Å²) < 4.78 is 14.2. The Morgan fingerprint density at radius 1 is 1.29 bits per heavy atom. The van der Waals surface area contributed by atoms with Crippen LogP contribution in [0.25, 0.3) is 0 Å². The Morgan fingerprint density at radius 2 is 2.06 bits per heavy atom. The summed E-state index contributed by atoms with van der Waals surface area (Å²) in [5.41, 5.74) is 0.301. The number of aromatic nitrogens is 1. The second kappa shape index (κ2) is 4.94. The van der Waals surface area contributed by atoms with Gasteiger partial charge in [-0.3, -0.25) is 9.78 Å². The maximum absolute atomic E-state index is 13.5. The van der Waals surface area contributed by atoms with Crippen LogP contribution in [-0.2, 0) is 0 Å². The number of hydrogen-bond acceptors (Lipinski definition) is 2. The predicted molar refractivity (Wildman–Crippen MR) is 66.8 cm³/mol. The Morgan fingerprint density at radius 3 is 2.71 bits per heavy atom. The van der Waals surface area contributed by atoms with Crippen molar-refractivity contribution in [3.63, 3.8) is 0 Å². The van der Waals surface area contributed by atoms with Gasteiger partial charge >= 0.3 is 0 Å². The molecule has 0 aliphatic carbocycles. The van der Waals surface area contributed by atoms with Crippen molar-refractivity contribution in [2.75, 3.05) is 0 Å². The van der Waals surface area contributed by atoms with E-state index in [9.17, 15) is 9.18 Å². The van der Waals surface area contributed by atoms with Gasteiger partial charge in [-0.25, -0.2) is 4.39 Å². The fraction of sp³-hybridized carbons (Fsp3) is 0. The Hall–Kier alpha value is -1.26. The van der Waals surface area contributed by atoms with Gasteiger partial charge in [-0.2, -0.15) is 0 Å². The van der Waals surface area contributed by atoms with E-state index < -0.39 is 11.6 Å². The molecule has 0 radical (unpaired) electrons. The third-order valence-corrected chi connectivity index (χ3v) is 2.81. The van der Waals surface area contributed by atoms with Crippen LogP contribution in [0.1, 0.15) is 15.9 Å². The number of halogens is 3. The quantitative estimate of drug-likeness (QED) is 0.788. The highest BCUT2D eigenvalue weighted by Gasteiger charge is 2.14. The third-order valence-electron chi connectivity index (χ3n) is 2.14. The molecule has 5 heteroatoms. The van der Waals surface area contributed by atoms with Gasteiger partial charge in [0.2, 0.25) is 0 Å². The zero-order chi connectivity index (χ0) is 12.4. The monoisotopic (exact) mass is 313 g/mol. The zero-order valence-corrected chi connectivity index (χ0v) is 10.8. The predicted octanol–water partition coefficient (Wildman–Crippen LogP) is 3.87. The number of pyridine rings is 1. The number of hydrogen-bond donors (Lipinski definition) is 0. The van der Waals surface area contributed by atoms with E-state index in [1.54, 1.807) is 12.3 Å². The highest BCUT2D eigenvalue weighted by molar-refractivity contribution is 9.10. The molecule has 0 bridgehead atoms. The molecule has 2 aromatic rings. The molecule has 0 saturated carbocycles. The number of ketones is 1. The van der Waals surface area contributed by atoms with Crippen LogP contribution < -0.4 is 0 Å². The number of carbonyl (C=O) groups is 1. The largest absolute Gasteiger partial charge is 0.288 e. The van der Waals surface area contributed by atoms with E-state index >= 15 is 0 Å². The van der Waals surface area contributed by atoms with E-state index in [2.05, 4.69) is 20.9 Å². The molecule has 0 unspecified atom stereocenters. The maximum Gasteiger partial charge on any atom is 0.197 e.